The van der Waals surface area contributed by atoms with Crippen LogP contribution in [0.5, 0.6) is 0 Å². The highest BCUT2D eigenvalue weighted by atomic mass is 31.2. The van der Waals surface area contributed by atoms with Gasteiger partial charge in [-0.3, -0.25) is 9.36 Å². The van der Waals surface area contributed by atoms with E-state index in [4.69, 9.17) is 18.2 Å². The number of fused-ring (bicyclic) bond motifs is 2. The zero-order valence-electron chi connectivity index (χ0n) is 19.9. The van der Waals surface area contributed by atoms with E-state index in [2.05, 4.69) is 5.32 Å². The first-order valence-electron chi connectivity index (χ1n) is 11.2. The molecule has 3 heterocycles. The molecule has 1 fully saturated rings. The Kier molecular flexibility index (Phi) is 5.71. The Bertz CT molecular complexity index is 1520. The molecule has 0 aliphatic carbocycles. The first-order chi connectivity index (χ1) is 16.6. The van der Waals surface area contributed by atoms with Crippen molar-refractivity contribution in [3.05, 3.63) is 81.0 Å². The topological polar surface area (TPSA) is 104 Å². The van der Waals surface area contributed by atoms with Crippen LogP contribution < -0.4 is 10.7 Å². The summed E-state index contributed by atoms with van der Waals surface area (Å²) < 4.78 is 37.1. The molecule has 35 heavy (non-hydrogen) atoms. The quantitative estimate of drug-likeness (QED) is 0.301. The molecule has 1 atom stereocenters. The predicted octanol–water partition coefficient (Wildman–Crippen LogP) is 5.19. The molecular weight excluding hydrogens is 469 g/mol. The molecule has 5 rings (SSSR count). The van der Waals surface area contributed by atoms with Crippen LogP contribution in [0.4, 0.5) is 0 Å². The molecule has 182 valence electrons. The van der Waals surface area contributed by atoms with Gasteiger partial charge in [-0.05, 0) is 25.1 Å². The van der Waals surface area contributed by atoms with Gasteiger partial charge in [0.15, 0.2) is 0 Å². The summed E-state index contributed by atoms with van der Waals surface area (Å²) in [6.07, 6.45) is 1.52. The van der Waals surface area contributed by atoms with Crippen LogP contribution in [0.15, 0.2) is 74.5 Å². The number of rotatable bonds is 3. The van der Waals surface area contributed by atoms with Gasteiger partial charge in [-0.2, -0.15) is 0 Å². The average molecular weight is 495 g/mol. The summed E-state index contributed by atoms with van der Waals surface area (Å²) in [6, 6.07) is 12.1. The van der Waals surface area contributed by atoms with Gasteiger partial charge in [0.05, 0.1) is 47.9 Å². The lowest BCUT2D eigenvalue weighted by Crippen LogP contribution is -2.32. The highest BCUT2D eigenvalue weighted by Crippen LogP contribution is 2.66. The van der Waals surface area contributed by atoms with E-state index in [1.165, 1.54) is 13.3 Å². The second-order valence-corrected chi connectivity index (χ2v) is 11.5. The lowest BCUT2D eigenvalue weighted by atomic mass is 9.87. The van der Waals surface area contributed by atoms with Crippen molar-refractivity contribution in [2.75, 3.05) is 20.3 Å². The largest absolute Gasteiger partial charge is 0.466 e. The Morgan fingerprint density at radius 1 is 1.09 bits per heavy atom. The molecule has 1 aromatic heterocycles. The summed E-state index contributed by atoms with van der Waals surface area (Å²) in [6.45, 7) is 6.10. The molecule has 2 aromatic carbocycles. The van der Waals surface area contributed by atoms with Gasteiger partial charge in [0.1, 0.15) is 11.2 Å². The first kappa shape index (κ1) is 23.5. The summed E-state index contributed by atoms with van der Waals surface area (Å²) >= 11 is 0. The molecule has 0 bridgehead atoms. The van der Waals surface area contributed by atoms with Crippen LogP contribution in [0.25, 0.3) is 21.9 Å². The van der Waals surface area contributed by atoms with Crippen molar-refractivity contribution in [2.45, 2.75) is 26.7 Å². The van der Waals surface area contributed by atoms with Gasteiger partial charge in [-0.25, -0.2) is 4.79 Å². The number of carbonyl (C=O) groups excluding carboxylic acids is 1. The van der Waals surface area contributed by atoms with Gasteiger partial charge >= 0.3 is 13.6 Å². The normalized spacial score (nSPS) is 21.5. The van der Waals surface area contributed by atoms with E-state index in [1.54, 1.807) is 49.4 Å². The number of esters is 1. The lowest BCUT2D eigenvalue weighted by Gasteiger charge is -2.38. The van der Waals surface area contributed by atoms with Crippen molar-refractivity contribution in [3.63, 3.8) is 0 Å². The van der Waals surface area contributed by atoms with Crippen LogP contribution >= 0.6 is 7.60 Å². The smallest absolute Gasteiger partial charge is 0.360 e. The molecule has 3 aromatic rings. The molecule has 1 unspecified atom stereocenters. The maximum Gasteiger partial charge on any atom is 0.360 e. The van der Waals surface area contributed by atoms with E-state index in [0.29, 0.717) is 38.5 Å². The summed E-state index contributed by atoms with van der Waals surface area (Å²) in [5.41, 5.74) is 1.43. The molecule has 0 amide bonds. The highest BCUT2D eigenvalue weighted by Gasteiger charge is 2.47. The Hall–Kier alpha value is -3.19. The van der Waals surface area contributed by atoms with Gasteiger partial charge in [0, 0.05) is 22.9 Å². The van der Waals surface area contributed by atoms with Gasteiger partial charge in [-0.1, -0.05) is 38.1 Å². The zero-order valence-corrected chi connectivity index (χ0v) is 20.8. The van der Waals surface area contributed by atoms with Gasteiger partial charge in [-0.15, -0.1) is 0 Å². The standard InChI is InChI=1S/C26H26NO7P/c1-15-24(35(30)32-13-26(2,3)14-33-35)21(19(12-27-15)25(29)31-4)17-9-7-10-18-22(28)16-8-5-6-11-20(16)34-23(17)18/h5-12,21,27H,13-14H2,1-4H3. The van der Waals surface area contributed by atoms with E-state index in [1.807, 2.05) is 13.8 Å². The van der Waals surface area contributed by atoms with Crippen LogP contribution in [0.2, 0.25) is 0 Å². The van der Waals surface area contributed by atoms with E-state index in [0.717, 1.165) is 0 Å². The Morgan fingerprint density at radius 2 is 1.77 bits per heavy atom. The fourth-order valence-corrected chi connectivity index (χ4v) is 6.95. The highest BCUT2D eigenvalue weighted by molar-refractivity contribution is 7.58. The Morgan fingerprint density at radius 3 is 2.49 bits per heavy atom. The number of benzene rings is 2. The third-order valence-corrected chi connectivity index (χ3v) is 8.45. The number of ether oxygens (including phenoxy) is 1. The van der Waals surface area contributed by atoms with E-state index >= 15 is 0 Å². The number of allylic oxidation sites excluding steroid dienone is 2. The molecule has 2 aliphatic heterocycles. The summed E-state index contributed by atoms with van der Waals surface area (Å²) in [5.74, 6) is -1.50. The van der Waals surface area contributed by atoms with Crippen LogP contribution in [0, 0.1) is 5.41 Å². The van der Waals surface area contributed by atoms with Crippen molar-refractivity contribution in [1.29, 1.82) is 0 Å². The number of carbonyl (C=O) groups is 1. The molecule has 0 spiro atoms. The van der Waals surface area contributed by atoms with Crippen LogP contribution in [-0.4, -0.2) is 26.3 Å². The second-order valence-electron chi connectivity index (χ2n) is 9.54. The number of dihydropyridines is 1. The Labute approximate surface area is 202 Å². The maximum atomic E-state index is 14.1. The molecular formula is C26H26NO7P. The number of para-hydroxylation sites is 2. The second kappa shape index (κ2) is 8.48. The fraction of sp³-hybridized carbons (Fsp3) is 0.308. The van der Waals surface area contributed by atoms with E-state index in [9.17, 15) is 14.2 Å². The third kappa shape index (κ3) is 3.92. The monoisotopic (exact) mass is 495 g/mol. The van der Waals surface area contributed by atoms with Crippen molar-refractivity contribution in [3.8, 4) is 0 Å². The average Bonchev–Trinajstić information content (AvgIpc) is 2.85. The zero-order chi connectivity index (χ0) is 25.0. The molecule has 1 saturated heterocycles. The van der Waals surface area contributed by atoms with E-state index in [-0.39, 0.29) is 29.6 Å². The van der Waals surface area contributed by atoms with Crippen LogP contribution in [0.3, 0.4) is 0 Å². The number of hydrogen-bond donors (Lipinski definition) is 1. The van der Waals surface area contributed by atoms with Crippen molar-refractivity contribution in [2.24, 2.45) is 5.41 Å². The van der Waals surface area contributed by atoms with Crippen molar-refractivity contribution in [1.82, 2.24) is 5.32 Å². The van der Waals surface area contributed by atoms with Crippen molar-refractivity contribution >= 4 is 35.5 Å². The minimum absolute atomic E-state index is 0.193. The summed E-state index contributed by atoms with van der Waals surface area (Å²) in [4.78, 5) is 26.2. The summed E-state index contributed by atoms with van der Waals surface area (Å²) in [5, 5.41) is 4.12. The minimum atomic E-state index is -3.82. The van der Waals surface area contributed by atoms with Gasteiger partial charge in [0.25, 0.3) is 0 Å². The summed E-state index contributed by atoms with van der Waals surface area (Å²) in [7, 11) is -2.55. The predicted molar refractivity (Wildman–Crippen MR) is 132 cm³/mol. The third-order valence-electron chi connectivity index (χ3n) is 6.32. The molecule has 2 aliphatic rings. The van der Waals surface area contributed by atoms with Gasteiger partial charge in [0.2, 0.25) is 5.43 Å². The van der Waals surface area contributed by atoms with Crippen LogP contribution in [0.1, 0.15) is 32.3 Å². The minimum Gasteiger partial charge on any atom is -0.466 e. The van der Waals surface area contributed by atoms with E-state index < -0.39 is 19.5 Å². The fourth-order valence-electron chi connectivity index (χ4n) is 4.49. The first-order valence-corrected chi connectivity index (χ1v) is 12.8. The lowest BCUT2D eigenvalue weighted by molar-refractivity contribution is -0.136. The molecule has 1 N–H and O–H groups in total. The van der Waals surface area contributed by atoms with Crippen molar-refractivity contribution < 1.29 is 27.6 Å². The number of nitrogens with one attached hydrogen (secondary N) is 1. The van der Waals surface area contributed by atoms with Crippen LogP contribution in [-0.2, 0) is 23.1 Å². The molecule has 8 nitrogen and oxygen atoms in total. The number of methoxy groups -OCH3 is 1. The SMILES string of the molecule is COC(=O)C1=CNC(C)=C(P2(=O)OCC(C)(C)CO2)C1c1cccc2c(=O)c3ccccc3oc12. The number of hydrogen-bond acceptors (Lipinski definition) is 8. The Balaban J connectivity index is 1.78. The molecule has 0 radical (unpaired) electrons. The molecule has 0 saturated carbocycles. The van der Waals surface area contributed by atoms with Gasteiger partial charge < -0.3 is 23.5 Å². The maximum absolute atomic E-state index is 14.1. The molecule has 9 heteroatoms.